The molecule has 1 aromatic carbocycles. The number of amides is 1. The number of halogens is 1. The van der Waals surface area contributed by atoms with Gasteiger partial charge in [-0.3, -0.25) is 13.9 Å². The van der Waals surface area contributed by atoms with E-state index in [1.807, 2.05) is 0 Å². The Hall–Kier alpha value is -3.59. The van der Waals surface area contributed by atoms with Gasteiger partial charge in [-0.05, 0) is 37.6 Å². The summed E-state index contributed by atoms with van der Waals surface area (Å²) in [6, 6.07) is 4.15. The Labute approximate surface area is 165 Å². The molecule has 8 nitrogen and oxygen atoms in total. The van der Waals surface area contributed by atoms with Crippen LogP contribution in [0.5, 0.6) is 0 Å². The summed E-state index contributed by atoms with van der Waals surface area (Å²) in [6.45, 7) is 3.84. The Kier molecular flexibility index (Phi) is 4.81. The van der Waals surface area contributed by atoms with E-state index in [4.69, 9.17) is 5.11 Å². The smallest absolute Gasteiger partial charge is 0.255 e. The van der Waals surface area contributed by atoms with E-state index in [1.54, 1.807) is 53.8 Å². The summed E-state index contributed by atoms with van der Waals surface area (Å²) in [5.41, 5.74) is 3.26. The number of anilines is 1. The minimum Gasteiger partial charge on any atom is -0.394 e. The molecule has 148 valence electrons. The zero-order valence-electron chi connectivity index (χ0n) is 15.9. The zero-order chi connectivity index (χ0) is 20.5. The molecule has 0 bridgehead atoms. The number of nitrogens with one attached hydrogen (secondary N) is 1. The summed E-state index contributed by atoms with van der Waals surface area (Å²) in [4.78, 5) is 21.1. The molecule has 0 saturated heterocycles. The highest BCUT2D eigenvalue weighted by atomic mass is 19.1. The average molecular weight is 394 g/mol. The maximum absolute atomic E-state index is 14.3. The molecule has 0 atom stereocenters. The highest BCUT2D eigenvalue weighted by Gasteiger charge is 2.17. The van der Waals surface area contributed by atoms with Crippen molar-refractivity contribution in [3.8, 4) is 11.1 Å². The third-order valence-corrected chi connectivity index (χ3v) is 4.67. The number of benzene rings is 1. The van der Waals surface area contributed by atoms with Crippen molar-refractivity contribution in [3.63, 3.8) is 0 Å². The van der Waals surface area contributed by atoms with Crippen LogP contribution in [-0.4, -0.2) is 41.8 Å². The first kappa shape index (κ1) is 18.8. The fourth-order valence-corrected chi connectivity index (χ4v) is 3.23. The molecule has 3 heterocycles. The van der Waals surface area contributed by atoms with E-state index in [2.05, 4.69) is 20.4 Å². The normalized spacial score (nSPS) is 11.2. The molecule has 0 radical (unpaired) electrons. The molecule has 3 aromatic heterocycles. The van der Waals surface area contributed by atoms with Crippen LogP contribution >= 0.6 is 0 Å². The van der Waals surface area contributed by atoms with Gasteiger partial charge in [0.05, 0.1) is 30.2 Å². The summed E-state index contributed by atoms with van der Waals surface area (Å²) < 4.78 is 17.6. The Morgan fingerprint density at radius 3 is 2.83 bits per heavy atom. The number of aryl methyl sites for hydroxylation is 1. The zero-order valence-corrected chi connectivity index (χ0v) is 15.9. The van der Waals surface area contributed by atoms with Crippen LogP contribution in [-0.2, 0) is 6.54 Å². The first-order valence-electron chi connectivity index (χ1n) is 9.02. The van der Waals surface area contributed by atoms with Gasteiger partial charge >= 0.3 is 0 Å². The average Bonchev–Trinajstić information content (AvgIpc) is 3.27. The topological polar surface area (TPSA) is 97.3 Å². The van der Waals surface area contributed by atoms with E-state index in [0.717, 1.165) is 5.69 Å². The lowest BCUT2D eigenvalue weighted by molar-refractivity contribution is 0.102. The predicted octanol–water partition coefficient (Wildman–Crippen LogP) is 2.59. The number of hydrogen-bond acceptors (Lipinski definition) is 5. The van der Waals surface area contributed by atoms with E-state index >= 15 is 0 Å². The third-order valence-electron chi connectivity index (χ3n) is 4.67. The molecule has 4 rings (SSSR count). The van der Waals surface area contributed by atoms with Gasteiger partial charge in [-0.15, -0.1) is 0 Å². The van der Waals surface area contributed by atoms with Crippen molar-refractivity contribution < 1.29 is 14.3 Å². The Morgan fingerprint density at radius 2 is 2.03 bits per heavy atom. The molecule has 2 N–H and O–H groups in total. The minimum absolute atomic E-state index is 0.0576. The van der Waals surface area contributed by atoms with Gasteiger partial charge in [0.25, 0.3) is 5.91 Å². The molecule has 29 heavy (non-hydrogen) atoms. The van der Waals surface area contributed by atoms with Crippen molar-refractivity contribution in [1.29, 1.82) is 0 Å². The number of imidazole rings is 1. The van der Waals surface area contributed by atoms with Crippen LogP contribution in [0.25, 0.3) is 16.9 Å². The molecule has 0 saturated carbocycles. The fraction of sp³-hybridized carbons (Fsp3) is 0.200. The number of carbonyl (C=O) groups excluding carboxylic acids is 1. The second-order valence-corrected chi connectivity index (χ2v) is 6.65. The Bertz CT molecular complexity index is 1210. The largest absolute Gasteiger partial charge is 0.394 e. The van der Waals surface area contributed by atoms with Gasteiger partial charge in [0.1, 0.15) is 5.82 Å². The van der Waals surface area contributed by atoms with Crippen LogP contribution in [0.1, 0.15) is 21.7 Å². The number of aliphatic hydroxyl groups is 1. The summed E-state index contributed by atoms with van der Waals surface area (Å²) >= 11 is 0. The number of fused-ring (bicyclic) bond motifs is 1. The van der Waals surface area contributed by atoms with E-state index in [0.29, 0.717) is 34.8 Å². The van der Waals surface area contributed by atoms with Gasteiger partial charge in [0.15, 0.2) is 0 Å². The lowest BCUT2D eigenvalue weighted by atomic mass is 10.0. The van der Waals surface area contributed by atoms with E-state index in [-0.39, 0.29) is 12.2 Å². The van der Waals surface area contributed by atoms with Crippen molar-refractivity contribution in [1.82, 2.24) is 24.1 Å². The molecule has 1 amide bonds. The Morgan fingerprint density at radius 1 is 1.21 bits per heavy atom. The standard InChI is InChI=1S/C20H19FN6O2/c1-12-18(13(2)27(25-12)5-6-28)24-19(29)15-7-14(8-17(21)9-15)16-10-23-20-22-3-4-26(20)11-16/h3-4,7-11,28H,5-6H2,1-2H3,(H,24,29). The molecular formula is C20H19FN6O2. The highest BCUT2D eigenvalue weighted by Crippen LogP contribution is 2.24. The minimum atomic E-state index is -0.525. The summed E-state index contributed by atoms with van der Waals surface area (Å²) in [7, 11) is 0. The molecule has 0 fully saturated rings. The fourth-order valence-electron chi connectivity index (χ4n) is 3.23. The number of aliphatic hydroxyl groups excluding tert-OH is 1. The lowest BCUT2D eigenvalue weighted by Gasteiger charge is -2.09. The van der Waals surface area contributed by atoms with E-state index < -0.39 is 11.7 Å². The highest BCUT2D eigenvalue weighted by molar-refractivity contribution is 6.05. The molecule has 0 aliphatic heterocycles. The van der Waals surface area contributed by atoms with Gasteiger partial charge in [0.2, 0.25) is 5.78 Å². The molecular weight excluding hydrogens is 375 g/mol. The van der Waals surface area contributed by atoms with Crippen LogP contribution in [0.4, 0.5) is 10.1 Å². The Balaban J connectivity index is 1.66. The SMILES string of the molecule is Cc1nn(CCO)c(C)c1NC(=O)c1cc(F)cc(-c2cnc3nccn3c2)c1. The van der Waals surface area contributed by atoms with Crippen molar-refractivity contribution in [2.75, 3.05) is 11.9 Å². The number of aromatic nitrogens is 5. The summed E-state index contributed by atoms with van der Waals surface area (Å²) in [5, 5.41) is 16.2. The van der Waals surface area contributed by atoms with E-state index in [1.165, 1.54) is 12.1 Å². The predicted molar refractivity (Wildman–Crippen MR) is 105 cm³/mol. The van der Waals surface area contributed by atoms with Crippen LogP contribution in [0.15, 0.2) is 43.0 Å². The van der Waals surface area contributed by atoms with Gasteiger partial charge < -0.3 is 10.4 Å². The maximum atomic E-state index is 14.3. The third kappa shape index (κ3) is 3.59. The molecule has 0 unspecified atom stereocenters. The van der Waals surface area contributed by atoms with E-state index in [9.17, 15) is 9.18 Å². The second-order valence-electron chi connectivity index (χ2n) is 6.65. The van der Waals surface area contributed by atoms with Gasteiger partial charge in [-0.1, -0.05) is 0 Å². The number of nitrogens with zero attached hydrogens (tertiary/aromatic N) is 5. The van der Waals surface area contributed by atoms with Crippen molar-refractivity contribution in [2.24, 2.45) is 0 Å². The van der Waals surface area contributed by atoms with Gasteiger partial charge in [0, 0.05) is 35.9 Å². The van der Waals surface area contributed by atoms with Crippen molar-refractivity contribution in [2.45, 2.75) is 20.4 Å². The quantitative estimate of drug-likeness (QED) is 0.542. The number of hydrogen-bond donors (Lipinski definition) is 2. The molecule has 0 aliphatic rings. The van der Waals surface area contributed by atoms with Crippen LogP contribution < -0.4 is 5.32 Å². The van der Waals surface area contributed by atoms with Crippen LogP contribution in [0, 0.1) is 19.7 Å². The first-order chi connectivity index (χ1) is 14.0. The van der Waals surface area contributed by atoms with Crippen molar-refractivity contribution >= 4 is 17.4 Å². The molecule has 9 heteroatoms. The molecule has 0 aliphatic carbocycles. The molecule has 4 aromatic rings. The van der Waals surface area contributed by atoms with Gasteiger partial charge in [-0.2, -0.15) is 5.10 Å². The van der Waals surface area contributed by atoms with Crippen molar-refractivity contribution in [3.05, 3.63) is 65.8 Å². The lowest BCUT2D eigenvalue weighted by Crippen LogP contribution is -2.14. The number of rotatable bonds is 5. The maximum Gasteiger partial charge on any atom is 0.255 e. The summed E-state index contributed by atoms with van der Waals surface area (Å²) in [5.74, 6) is -0.436. The first-order valence-corrected chi connectivity index (χ1v) is 9.02. The number of carbonyl (C=O) groups is 1. The molecule has 0 spiro atoms. The van der Waals surface area contributed by atoms with Crippen LogP contribution in [0.2, 0.25) is 0 Å². The van der Waals surface area contributed by atoms with Gasteiger partial charge in [-0.25, -0.2) is 14.4 Å². The summed E-state index contributed by atoms with van der Waals surface area (Å²) in [6.07, 6.45) is 6.73. The van der Waals surface area contributed by atoms with Crippen LogP contribution in [0.3, 0.4) is 0 Å². The second kappa shape index (κ2) is 7.44. The monoisotopic (exact) mass is 394 g/mol.